The summed E-state index contributed by atoms with van der Waals surface area (Å²) in [5.74, 6) is -3.14. The number of nitrogens with one attached hydrogen (secondary N) is 2. The lowest BCUT2D eigenvalue weighted by Gasteiger charge is -2.27. The summed E-state index contributed by atoms with van der Waals surface area (Å²) in [6, 6.07) is 5.11. The topological polar surface area (TPSA) is 95.5 Å². The third kappa shape index (κ3) is 4.31. The molecule has 0 radical (unpaired) electrons. The zero-order valence-corrected chi connectivity index (χ0v) is 14.4. The van der Waals surface area contributed by atoms with Crippen LogP contribution in [0, 0.1) is 18.8 Å². The van der Waals surface area contributed by atoms with E-state index in [1.165, 1.54) is 0 Å². The molecule has 1 aliphatic rings. The van der Waals surface area contributed by atoms with Gasteiger partial charge in [0.15, 0.2) is 0 Å². The number of aliphatic carboxylic acids is 1. The predicted octanol–water partition coefficient (Wildman–Crippen LogP) is 2.41. The standard InChI is InChI=1S/C16H19BrN2O4/c1-9-6-7-10(8-13(9)17)14(20)18-19-15(21)11-4-2-3-5-12(11)16(22)23/h6-8,11-12H,2-5H2,1H3,(H,18,20)(H,19,21)(H,22,23)/t11-,12+/m1/s1. The lowest BCUT2D eigenvalue weighted by Crippen LogP contribution is -2.47. The minimum absolute atomic E-state index is 0.404. The number of carboxylic acids is 1. The zero-order chi connectivity index (χ0) is 17.0. The van der Waals surface area contributed by atoms with Gasteiger partial charge in [-0.3, -0.25) is 25.2 Å². The van der Waals surface area contributed by atoms with Crippen LogP contribution in [0.2, 0.25) is 0 Å². The summed E-state index contributed by atoms with van der Waals surface area (Å²) in [6.45, 7) is 1.91. The minimum atomic E-state index is -0.960. The lowest BCUT2D eigenvalue weighted by molar-refractivity contribution is -0.149. The fourth-order valence-electron chi connectivity index (χ4n) is 2.76. The largest absolute Gasteiger partial charge is 0.481 e. The highest BCUT2D eigenvalue weighted by Crippen LogP contribution is 2.30. The number of carboxylic acid groups (broad SMARTS) is 1. The first-order valence-corrected chi connectivity index (χ1v) is 8.28. The Morgan fingerprint density at radius 2 is 1.78 bits per heavy atom. The van der Waals surface area contributed by atoms with E-state index in [1.807, 2.05) is 6.92 Å². The number of hydrogen-bond acceptors (Lipinski definition) is 3. The molecule has 0 heterocycles. The van der Waals surface area contributed by atoms with Gasteiger partial charge < -0.3 is 5.11 Å². The van der Waals surface area contributed by atoms with Gasteiger partial charge in [-0.2, -0.15) is 0 Å². The second-order valence-corrected chi connectivity index (χ2v) is 6.60. The van der Waals surface area contributed by atoms with Crippen molar-refractivity contribution in [3.8, 4) is 0 Å². The number of hydrogen-bond donors (Lipinski definition) is 3. The summed E-state index contributed by atoms with van der Waals surface area (Å²) in [4.78, 5) is 35.4. The fourth-order valence-corrected chi connectivity index (χ4v) is 3.14. The van der Waals surface area contributed by atoms with Crippen molar-refractivity contribution in [3.05, 3.63) is 33.8 Å². The van der Waals surface area contributed by atoms with Crippen molar-refractivity contribution in [1.29, 1.82) is 0 Å². The van der Waals surface area contributed by atoms with Crippen molar-refractivity contribution < 1.29 is 19.5 Å². The van der Waals surface area contributed by atoms with Gasteiger partial charge in [0.2, 0.25) is 5.91 Å². The van der Waals surface area contributed by atoms with Gasteiger partial charge in [-0.15, -0.1) is 0 Å². The van der Waals surface area contributed by atoms with Crippen LogP contribution in [0.5, 0.6) is 0 Å². The van der Waals surface area contributed by atoms with Crippen LogP contribution in [-0.2, 0) is 9.59 Å². The van der Waals surface area contributed by atoms with E-state index in [-0.39, 0.29) is 0 Å². The van der Waals surface area contributed by atoms with Crippen LogP contribution in [0.3, 0.4) is 0 Å². The lowest BCUT2D eigenvalue weighted by atomic mass is 9.79. The average molecular weight is 383 g/mol. The maximum absolute atomic E-state index is 12.2. The molecule has 0 aromatic heterocycles. The van der Waals surface area contributed by atoms with Crippen molar-refractivity contribution >= 4 is 33.7 Å². The van der Waals surface area contributed by atoms with Crippen molar-refractivity contribution in [1.82, 2.24) is 10.9 Å². The van der Waals surface area contributed by atoms with Crippen molar-refractivity contribution in [3.63, 3.8) is 0 Å². The molecule has 2 rings (SSSR count). The smallest absolute Gasteiger partial charge is 0.307 e. The third-order valence-electron chi connectivity index (χ3n) is 4.15. The number of hydrazine groups is 1. The van der Waals surface area contributed by atoms with E-state index >= 15 is 0 Å². The summed E-state index contributed by atoms with van der Waals surface area (Å²) >= 11 is 3.35. The van der Waals surface area contributed by atoms with Gasteiger partial charge in [0.1, 0.15) is 0 Å². The highest BCUT2D eigenvalue weighted by atomic mass is 79.9. The SMILES string of the molecule is Cc1ccc(C(=O)NNC(=O)[C@@H]2CCCC[C@@H]2C(=O)O)cc1Br. The normalized spacial score (nSPS) is 20.6. The molecular formula is C16H19BrN2O4. The molecule has 2 atom stereocenters. The van der Waals surface area contributed by atoms with Gasteiger partial charge in [-0.05, 0) is 37.5 Å². The van der Waals surface area contributed by atoms with Crippen molar-refractivity contribution in [2.75, 3.05) is 0 Å². The van der Waals surface area contributed by atoms with Crippen LogP contribution >= 0.6 is 15.9 Å². The molecule has 0 saturated heterocycles. The van der Waals surface area contributed by atoms with Gasteiger partial charge in [0, 0.05) is 10.0 Å². The average Bonchev–Trinajstić information content (AvgIpc) is 2.54. The predicted molar refractivity (Wildman–Crippen MR) is 87.6 cm³/mol. The highest BCUT2D eigenvalue weighted by Gasteiger charge is 2.35. The van der Waals surface area contributed by atoms with Gasteiger partial charge in [-0.25, -0.2) is 0 Å². The molecule has 6 nitrogen and oxygen atoms in total. The van der Waals surface area contributed by atoms with E-state index < -0.39 is 29.6 Å². The van der Waals surface area contributed by atoms with E-state index in [2.05, 4.69) is 26.8 Å². The van der Waals surface area contributed by atoms with Gasteiger partial charge in [0.25, 0.3) is 5.91 Å². The molecular weight excluding hydrogens is 364 g/mol. The van der Waals surface area contributed by atoms with Crippen LogP contribution in [-0.4, -0.2) is 22.9 Å². The Morgan fingerprint density at radius 1 is 1.13 bits per heavy atom. The Hall–Kier alpha value is -1.89. The molecule has 0 unspecified atom stereocenters. The van der Waals surface area contributed by atoms with Crippen molar-refractivity contribution in [2.45, 2.75) is 32.6 Å². The molecule has 0 bridgehead atoms. The first-order valence-electron chi connectivity index (χ1n) is 7.49. The molecule has 3 N–H and O–H groups in total. The maximum Gasteiger partial charge on any atom is 0.307 e. The van der Waals surface area contributed by atoms with E-state index in [0.717, 1.165) is 22.9 Å². The minimum Gasteiger partial charge on any atom is -0.481 e. The number of halogens is 1. The molecule has 2 amide bonds. The number of benzene rings is 1. The van der Waals surface area contributed by atoms with E-state index in [9.17, 15) is 19.5 Å². The molecule has 1 aromatic carbocycles. The van der Waals surface area contributed by atoms with Gasteiger partial charge >= 0.3 is 5.97 Å². The Labute approximate surface area is 142 Å². The second kappa shape index (κ2) is 7.59. The Balaban J connectivity index is 1.96. The van der Waals surface area contributed by atoms with Crippen LogP contribution in [0.1, 0.15) is 41.6 Å². The number of aryl methyl sites for hydroxylation is 1. The summed E-state index contributed by atoms with van der Waals surface area (Å²) in [6.07, 6.45) is 2.65. The molecule has 1 saturated carbocycles. The Morgan fingerprint density at radius 3 is 2.39 bits per heavy atom. The number of carbonyl (C=O) groups excluding carboxylic acids is 2. The summed E-state index contributed by atoms with van der Waals surface area (Å²) in [5, 5.41) is 9.20. The highest BCUT2D eigenvalue weighted by molar-refractivity contribution is 9.10. The molecule has 1 aliphatic carbocycles. The fraction of sp³-hybridized carbons (Fsp3) is 0.438. The van der Waals surface area contributed by atoms with Crippen LogP contribution in [0.15, 0.2) is 22.7 Å². The molecule has 7 heteroatoms. The van der Waals surface area contributed by atoms with Crippen LogP contribution in [0.4, 0.5) is 0 Å². The molecule has 0 aliphatic heterocycles. The summed E-state index contributed by atoms with van der Waals surface area (Å²) in [5.41, 5.74) is 6.10. The van der Waals surface area contributed by atoms with Crippen LogP contribution in [0.25, 0.3) is 0 Å². The Bertz CT molecular complexity index is 633. The number of carbonyl (C=O) groups is 3. The molecule has 1 fully saturated rings. The monoisotopic (exact) mass is 382 g/mol. The first-order chi connectivity index (χ1) is 10.9. The first kappa shape index (κ1) is 17.5. The summed E-state index contributed by atoms with van der Waals surface area (Å²) < 4.78 is 0.801. The molecule has 0 spiro atoms. The maximum atomic E-state index is 12.2. The number of amides is 2. The van der Waals surface area contributed by atoms with Crippen LogP contribution < -0.4 is 10.9 Å². The van der Waals surface area contributed by atoms with E-state index in [1.54, 1.807) is 18.2 Å². The van der Waals surface area contributed by atoms with E-state index in [0.29, 0.717) is 18.4 Å². The van der Waals surface area contributed by atoms with Crippen molar-refractivity contribution in [2.24, 2.45) is 11.8 Å². The van der Waals surface area contributed by atoms with Gasteiger partial charge in [-0.1, -0.05) is 34.8 Å². The quantitative estimate of drug-likeness (QED) is 0.699. The number of rotatable bonds is 3. The molecule has 124 valence electrons. The van der Waals surface area contributed by atoms with E-state index in [4.69, 9.17) is 0 Å². The van der Waals surface area contributed by atoms with Gasteiger partial charge in [0.05, 0.1) is 11.8 Å². The molecule has 1 aromatic rings. The molecule has 23 heavy (non-hydrogen) atoms. The third-order valence-corrected chi connectivity index (χ3v) is 5.01. The second-order valence-electron chi connectivity index (χ2n) is 5.74. The summed E-state index contributed by atoms with van der Waals surface area (Å²) in [7, 11) is 0. The Kier molecular flexibility index (Phi) is 5.76. The zero-order valence-electron chi connectivity index (χ0n) is 12.8.